The van der Waals surface area contributed by atoms with E-state index in [-0.39, 0.29) is 17.4 Å². The summed E-state index contributed by atoms with van der Waals surface area (Å²) in [5, 5.41) is 4.01. The summed E-state index contributed by atoms with van der Waals surface area (Å²) in [6, 6.07) is 9.69. The number of anilines is 1. The third-order valence-electron chi connectivity index (χ3n) is 4.62. The van der Waals surface area contributed by atoms with Crippen LogP contribution in [0.15, 0.2) is 42.7 Å². The van der Waals surface area contributed by atoms with Crippen molar-refractivity contribution in [3.05, 3.63) is 59.7 Å². The van der Waals surface area contributed by atoms with E-state index in [0.29, 0.717) is 22.5 Å². The molecular weight excluding hydrogens is 359 g/mol. The van der Waals surface area contributed by atoms with Crippen molar-refractivity contribution in [2.24, 2.45) is 5.73 Å². The number of unbranched alkanes of at least 4 members (excludes halogenated alkanes) is 1. The summed E-state index contributed by atoms with van der Waals surface area (Å²) in [5.41, 5.74) is 7.05. The molecule has 0 unspecified atom stereocenters. The molecule has 0 aliphatic rings. The molecule has 0 saturated heterocycles. The number of aromatic nitrogens is 2. The van der Waals surface area contributed by atoms with Gasteiger partial charge in [-0.3, -0.25) is 4.79 Å². The molecule has 0 spiro atoms. The van der Waals surface area contributed by atoms with Crippen LogP contribution in [-0.2, 0) is 0 Å². The van der Waals surface area contributed by atoms with Gasteiger partial charge in [-0.15, -0.1) is 0 Å². The van der Waals surface area contributed by atoms with Crippen molar-refractivity contribution >= 4 is 22.6 Å². The van der Waals surface area contributed by atoms with Crippen molar-refractivity contribution in [1.82, 2.24) is 9.97 Å². The van der Waals surface area contributed by atoms with Crippen LogP contribution in [0.1, 0.15) is 48.1 Å². The molecule has 0 saturated carbocycles. The van der Waals surface area contributed by atoms with Crippen LogP contribution in [0.25, 0.3) is 10.9 Å². The number of amides is 1. The molecule has 0 aliphatic carbocycles. The van der Waals surface area contributed by atoms with Gasteiger partial charge in [-0.25, -0.2) is 14.4 Å². The minimum Gasteiger partial charge on any atom is -0.497 e. The number of halogens is 1. The highest BCUT2D eigenvalue weighted by Crippen LogP contribution is 2.31. The number of methoxy groups -OCH3 is 1. The number of nitrogens with two attached hydrogens (primary N) is 1. The largest absolute Gasteiger partial charge is 0.497 e. The number of primary amides is 1. The summed E-state index contributed by atoms with van der Waals surface area (Å²) in [5.74, 6) is 0.138. The number of fused-ring (bicyclic) bond motifs is 1. The van der Waals surface area contributed by atoms with E-state index in [0.717, 1.165) is 24.8 Å². The fraction of sp³-hybridized carbons (Fsp3) is 0.286. The first-order valence-corrected chi connectivity index (χ1v) is 9.18. The van der Waals surface area contributed by atoms with Crippen molar-refractivity contribution < 1.29 is 13.9 Å². The monoisotopic (exact) mass is 382 g/mol. The Morgan fingerprint density at radius 1 is 1.29 bits per heavy atom. The van der Waals surface area contributed by atoms with Crippen molar-refractivity contribution in [2.75, 3.05) is 12.4 Å². The van der Waals surface area contributed by atoms with Crippen molar-refractivity contribution in [1.29, 1.82) is 0 Å². The van der Waals surface area contributed by atoms with E-state index < -0.39 is 5.91 Å². The normalized spacial score (nSPS) is 12.0. The fourth-order valence-corrected chi connectivity index (χ4v) is 3.18. The van der Waals surface area contributed by atoms with Gasteiger partial charge in [0, 0.05) is 5.39 Å². The van der Waals surface area contributed by atoms with Gasteiger partial charge in [0.2, 0.25) is 0 Å². The fourth-order valence-electron chi connectivity index (χ4n) is 3.18. The van der Waals surface area contributed by atoms with Gasteiger partial charge in [0.1, 0.15) is 23.7 Å². The van der Waals surface area contributed by atoms with E-state index in [9.17, 15) is 9.18 Å². The minimum absolute atomic E-state index is 0.142. The lowest BCUT2D eigenvalue weighted by molar-refractivity contribution is 0.100. The van der Waals surface area contributed by atoms with Gasteiger partial charge < -0.3 is 15.8 Å². The first kappa shape index (κ1) is 19.5. The van der Waals surface area contributed by atoms with Gasteiger partial charge in [0.05, 0.1) is 24.2 Å². The van der Waals surface area contributed by atoms with Crippen LogP contribution in [0.5, 0.6) is 5.75 Å². The molecule has 1 heterocycles. The topological polar surface area (TPSA) is 90.1 Å². The molecule has 146 valence electrons. The van der Waals surface area contributed by atoms with Crippen LogP contribution in [-0.4, -0.2) is 23.0 Å². The molecule has 1 atom stereocenters. The number of hydrogen-bond donors (Lipinski definition) is 2. The third kappa shape index (κ3) is 4.19. The third-order valence-corrected chi connectivity index (χ3v) is 4.62. The Labute approximate surface area is 162 Å². The maximum atomic E-state index is 13.8. The van der Waals surface area contributed by atoms with E-state index in [1.165, 1.54) is 25.6 Å². The van der Waals surface area contributed by atoms with E-state index in [4.69, 9.17) is 10.5 Å². The first-order chi connectivity index (χ1) is 13.5. The Bertz CT molecular complexity index is 993. The Kier molecular flexibility index (Phi) is 6.03. The van der Waals surface area contributed by atoms with Gasteiger partial charge in [-0.05, 0) is 36.2 Å². The molecule has 7 heteroatoms. The molecule has 1 aromatic heterocycles. The molecule has 3 rings (SSSR count). The van der Waals surface area contributed by atoms with Gasteiger partial charge in [-0.2, -0.15) is 0 Å². The lowest BCUT2D eigenvalue weighted by atomic mass is 10.0. The summed E-state index contributed by atoms with van der Waals surface area (Å²) < 4.78 is 19.1. The van der Waals surface area contributed by atoms with Crippen molar-refractivity contribution in [3.8, 4) is 5.75 Å². The number of hydrogen-bond acceptors (Lipinski definition) is 5. The maximum Gasteiger partial charge on any atom is 0.251 e. The molecule has 0 aliphatic heterocycles. The Balaban J connectivity index is 2.08. The number of carbonyl (C=O) groups excluding carboxylic acids is 1. The average Bonchev–Trinajstić information content (AvgIpc) is 2.70. The summed E-state index contributed by atoms with van der Waals surface area (Å²) in [6.45, 7) is 2.10. The number of carbonyl (C=O) groups is 1. The summed E-state index contributed by atoms with van der Waals surface area (Å²) in [6.07, 6.45) is 4.16. The minimum atomic E-state index is -0.596. The van der Waals surface area contributed by atoms with Crippen LogP contribution in [0, 0.1) is 5.82 Å². The Morgan fingerprint density at radius 2 is 2.11 bits per heavy atom. The molecule has 28 heavy (non-hydrogen) atoms. The molecule has 0 radical (unpaired) electrons. The zero-order chi connectivity index (χ0) is 20.1. The highest BCUT2D eigenvalue weighted by Gasteiger charge is 2.18. The quantitative estimate of drug-likeness (QED) is 0.609. The van der Waals surface area contributed by atoms with Gasteiger partial charge in [-0.1, -0.05) is 31.9 Å². The number of ether oxygens (including phenoxy) is 1. The predicted molar refractivity (Wildman–Crippen MR) is 107 cm³/mol. The number of nitrogens with zero attached hydrogens (tertiary/aromatic N) is 2. The molecule has 1 amide bonds. The molecule has 3 N–H and O–H groups in total. The van der Waals surface area contributed by atoms with Crippen molar-refractivity contribution in [2.45, 2.75) is 32.2 Å². The lowest BCUT2D eigenvalue weighted by Gasteiger charge is -2.21. The van der Waals surface area contributed by atoms with E-state index in [1.54, 1.807) is 18.2 Å². The van der Waals surface area contributed by atoms with Crippen molar-refractivity contribution in [3.63, 3.8) is 0 Å². The van der Waals surface area contributed by atoms with Crippen LogP contribution in [0.4, 0.5) is 10.2 Å². The average molecular weight is 382 g/mol. The molecule has 3 aromatic rings. The number of nitrogens with one attached hydrogen (secondary N) is 1. The lowest BCUT2D eigenvalue weighted by Crippen LogP contribution is -2.15. The summed E-state index contributed by atoms with van der Waals surface area (Å²) in [7, 11) is 1.51. The molecular formula is C21H23FN4O2. The van der Waals surface area contributed by atoms with Gasteiger partial charge in [0.25, 0.3) is 5.91 Å². The smallest absolute Gasteiger partial charge is 0.251 e. The van der Waals surface area contributed by atoms with E-state index in [1.807, 2.05) is 6.07 Å². The van der Waals surface area contributed by atoms with Crippen LogP contribution in [0.2, 0.25) is 0 Å². The number of rotatable bonds is 8. The molecule has 0 fully saturated rings. The zero-order valence-electron chi connectivity index (χ0n) is 15.9. The maximum absolute atomic E-state index is 13.8. The van der Waals surface area contributed by atoms with Crippen LogP contribution in [0.3, 0.4) is 0 Å². The standard InChI is InChI=1S/C21H23FN4O2/c1-3-4-8-18(13-6-5-7-14(22)9-13)26-21-17-11-15(28-2)10-16(20(23)27)19(17)24-12-25-21/h5-7,9-12,18H,3-4,8H2,1-2H3,(H2,23,27)(H,24,25,26)/t18-/m1/s1. The van der Waals surface area contributed by atoms with Crippen LogP contribution >= 0.6 is 0 Å². The Morgan fingerprint density at radius 3 is 2.79 bits per heavy atom. The number of benzene rings is 2. The molecule has 0 bridgehead atoms. The SMILES string of the molecule is CCCC[C@@H](Nc1ncnc2c(C(N)=O)cc(OC)cc12)c1cccc(F)c1. The van der Waals surface area contributed by atoms with E-state index >= 15 is 0 Å². The Hall–Kier alpha value is -3.22. The van der Waals surface area contributed by atoms with Gasteiger partial charge >= 0.3 is 0 Å². The zero-order valence-corrected chi connectivity index (χ0v) is 15.9. The highest BCUT2D eigenvalue weighted by molar-refractivity contribution is 6.07. The second-order valence-electron chi connectivity index (χ2n) is 6.55. The first-order valence-electron chi connectivity index (χ1n) is 9.18. The molecule has 2 aromatic carbocycles. The van der Waals surface area contributed by atoms with Crippen LogP contribution < -0.4 is 15.8 Å². The summed E-state index contributed by atoms with van der Waals surface area (Å²) in [4.78, 5) is 20.4. The van der Waals surface area contributed by atoms with E-state index in [2.05, 4.69) is 22.2 Å². The second kappa shape index (κ2) is 8.65. The molecule has 6 nitrogen and oxygen atoms in total. The second-order valence-corrected chi connectivity index (χ2v) is 6.55. The highest BCUT2D eigenvalue weighted by atomic mass is 19.1. The van der Waals surface area contributed by atoms with Gasteiger partial charge in [0.15, 0.2) is 0 Å². The predicted octanol–water partition coefficient (Wildman–Crippen LogP) is 4.22. The summed E-state index contributed by atoms with van der Waals surface area (Å²) >= 11 is 0.